The number of carbonyl (C=O) groups excluding carboxylic acids is 1. The molecule has 0 aliphatic carbocycles. The number of hydrogen-bond acceptors (Lipinski definition) is 6. The third kappa shape index (κ3) is 3.63. The number of nitrogens with one attached hydrogen (secondary N) is 1. The van der Waals surface area contributed by atoms with E-state index in [1.807, 2.05) is 0 Å². The Morgan fingerprint density at radius 3 is 2.80 bits per heavy atom. The summed E-state index contributed by atoms with van der Waals surface area (Å²) in [6.07, 6.45) is 1.48. The fraction of sp³-hybridized carbons (Fsp3) is 0.133. The second-order valence-electron chi connectivity index (χ2n) is 5.03. The average molecular weight is 365 g/mol. The van der Waals surface area contributed by atoms with Crippen LogP contribution in [0, 0.1) is 11.6 Å². The number of rotatable bonds is 5. The van der Waals surface area contributed by atoms with E-state index in [-0.39, 0.29) is 5.69 Å². The Labute approximate surface area is 145 Å². The van der Waals surface area contributed by atoms with Crippen LogP contribution in [0.5, 0.6) is 0 Å². The number of hydrogen-bond donors (Lipinski definition) is 2. The highest BCUT2D eigenvalue weighted by atomic mass is 32.2. The van der Waals surface area contributed by atoms with Gasteiger partial charge in [-0.1, -0.05) is 11.8 Å². The van der Waals surface area contributed by atoms with Gasteiger partial charge < -0.3 is 15.6 Å². The van der Waals surface area contributed by atoms with Crippen molar-refractivity contribution in [2.45, 2.75) is 17.3 Å². The first-order valence-corrected chi connectivity index (χ1v) is 8.00. The first-order chi connectivity index (χ1) is 12.0. The van der Waals surface area contributed by atoms with E-state index in [0.29, 0.717) is 16.7 Å². The Morgan fingerprint density at radius 1 is 1.32 bits per heavy atom. The van der Waals surface area contributed by atoms with Crippen LogP contribution in [-0.4, -0.2) is 26.0 Å². The molecule has 1 amide bonds. The smallest absolute Gasteiger partial charge is 0.237 e. The van der Waals surface area contributed by atoms with Crippen LogP contribution < -0.4 is 11.2 Å². The number of carbonyl (C=O) groups is 1. The van der Waals surface area contributed by atoms with Crippen molar-refractivity contribution in [1.29, 1.82) is 0 Å². The second-order valence-corrected chi connectivity index (χ2v) is 6.34. The number of aromatic nitrogens is 3. The summed E-state index contributed by atoms with van der Waals surface area (Å²) in [6.45, 7) is 1.63. The summed E-state index contributed by atoms with van der Waals surface area (Å²) in [5.41, 5.74) is 0.154. The van der Waals surface area contributed by atoms with Crippen molar-refractivity contribution in [3.63, 3.8) is 0 Å². The predicted molar refractivity (Wildman–Crippen MR) is 88.2 cm³/mol. The largest absolute Gasteiger partial charge is 0.461 e. The molecule has 10 heteroatoms. The van der Waals surface area contributed by atoms with Crippen molar-refractivity contribution in [2.75, 3.05) is 11.2 Å². The van der Waals surface area contributed by atoms with Gasteiger partial charge in [-0.05, 0) is 31.2 Å². The van der Waals surface area contributed by atoms with Gasteiger partial charge in [-0.3, -0.25) is 4.79 Å². The Bertz CT molecular complexity index is 897. The topological polar surface area (TPSA) is 99.0 Å². The molecule has 0 saturated carbocycles. The molecule has 3 rings (SSSR count). The van der Waals surface area contributed by atoms with Crippen LogP contribution in [0.25, 0.3) is 11.6 Å². The number of anilines is 1. The molecule has 130 valence electrons. The van der Waals surface area contributed by atoms with Gasteiger partial charge in [0.05, 0.1) is 11.5 Å². The number of nitrogens with two attached hydrogens (primary N) is 1. The Balaban J connectivity index is 1.68. The van der Waals surface area contributed by atoms with Crippen LogP contribution in [0.1, 0.15) is 6.92 Å². The maximum absolute atomic E-state index is 13.2. The van der Waals surface area contributed by atoms with Gasteiger partial charge in [0.15, 0.2) is 17.4 Å². The molecule has 0 unspecified atom stereocenters. The monoisotopic (exact) mass is 365 g/mol. The van der Waals surface area contributed by atoms with Crippen molar-refractivity contribution in [1.82, 2.24) is 14.9 Å². The molecule has 0 aliphatic rings. The zero-order valence-corrected chi connectivity index (χ0v) is 13.8. The number of benzene rings is 1. The lowest BCUT2D eigenvalue weighted by molar-refractivity contribution is -0.115. The zero-order valence-electron chi connectivity index (χ0n) is 12.9. The van der Waals surface area contributed by atoms with Gasteiger partial charge in [0.25, 0.3) is 0 Å². The molecule has 0 radical (unpaired) electrons. The molecule has 0 fully saturated rings. The number of furan rings is 1. The molecular weight excluding hydrogens is 352 g/mol. The van der Waals surface area contributed by atoms with E-state index < -0.39 is 22.8 Å². The quantitative estimate of drug-likeness (QED) is 0.533. The fourth-order valence-corrected chi connectivity index (χ4v) is 2.73. The molecule has 2 aromatic heterocycles. The normalized spacial score (nSPS) is 12.1. The Hall–Kier alpha value is -2.88. The maximum atomic E-state index is 13.2. The zero-order chi connectivity index (χ0) is 18.0. The van der Waals surface area contributed by atoms with E-state index in [1.54, 1.807) is 19.1 Å². The molecule has 0 aliphatic heterocycles. The van der Waals surface area contributed by atoms with Crippen LogP contribution in [0.3, 0.4) is 0 Å². The first kappa shape index (κ1) is 17.0. The minimum atomic E-state index is -1.04. The SMILES string of the molecule is C[C@@H](Sc1nnc(-c2ccco2)n1N)C(=O)Nc1ccc(F)c(F)c1. The molecule has 0 bridgehead atoms. The summed E-state index contributed by atoms with van der Waals surface area (Å²) in [5, 5.41) is 10.1. The molecule has 3 N–H and O–H groups in total. The lowest BCUT2D eigenvalue weighted by Crippen LogP contribution is -2.23. The van der Waals surface area contributed by atoms with E-state index in [1.165, 1.54) is 17.0 Å². The lowest BCUT2D eigenvalue weighted by atomic mass is 10.3. The molecule has 1 aromatic carbocycles. The van der Waals surface area contributed by atoms with Crippen LogP contribution >= 0.6 is 11.8 Å². The highest BCUT2D eigenvalue weighted by Gasteiger charge is 2.21. The van der Waals surface area contributed by atoms with E-state index in [9.17, 15) is 13.6 Å². The van der Waals surface area contributed by atoms with Crippen LogP contribution in [0.15, 0.2) is 46.2 Å². The summed E-state index contributed by atoms with van der Waals surface area (Å²) < 4.78 is 32.5. The minimum absolute atomic E-state index is 0.154. The van der Waals surface area contributed by atoms with Crippen molar-refractivity contribution < 1.29 is 18.0 Å². The first-order valence-electron chi connectivity index (χ1n) is 7.12. The number of thioether (sulfide) groups is 1. The highest BCUT2D eigenvalue weighted by molar-refractivity contribution is 8.00. The van der Waals surface area contributed by atoms with Crippen molar-refractivity contribution >= 4 is 23.4 Å². The average Bonchev–Trinajstić information content (AvgIpc) is 3.21. The van der Waals surface area contributed by atoms with Crippen LogP contribution in [0.4, 0.5) is 14.5 Å². The van der Waals surface area contributed by atoms with Gasteiger partial charge in [0, 0.05) is 11.8 Å². The van der Waals surface area contributed by atoms with Gasteiger partial charge in [0.1, 0.15) is 0 Å². The number of amides is 1. The Kier molecular flexibility index (Phi) is 4.70. The molecule has 7 nitrogen and oxygen atoms in total. The van der Waals surface area contributed by atoms with E-state index in [2.05, 4.69) is 15.5 Å². The van der Waals surface area contributed by atoms with Gasteiger partial charge in [-0.25, -0.2) is 13.5 Å². The molecule has 3 aromatic rings. The fourth-order valence-electron chi connectivity index (χ4n) is 1.96. The highest BCUT2D eigenvalue weighted by Crippen LogP contribution is 2.25. The molecular formula is C15H13F2N5O2S. The summed E-state index contributed by atoms with van der Waals surface area (Å²) in [4.78, 5) is 12.2. The van der Waals surface area contributed by atoms with E-state index in [0.717, 1.165) is 23.9 Å². The molecule has 1 atom stereocenters. The maximum Gasteiger partial charge on any atom is 0.237 e. The summed E-state index contributed by atoms with van der Waals surface area (Å²) in [5.74, 6) is 4.24. The van der Waals surface area contributed by atoms with E-state index in [4.69, 9.17) is 10.3 Å². The van der Waals surface area contributed by atoms with Crippen molar-refractivity contribution in [3.05, 3.63) is 48.2 Å². The lowest BCUT2D eigenvalue weighted by Gasteiger charge is -2.11. The number of nitrogen functional groups attached to an aromatic ring is 1. The Morgan fingerprint density at radius 2 is 2.12 bits per heavy atom. The van der Waals surface area contributed by atoms with Gasteiger partial charge >= 0.3 is 0 Å². The molecule has 0 saturated heterocycles. The van der Waals surface area contributed by atoms with Gasteiger partial charge in [0.2, 0.25) is 16.9 Å². The van der Waals surface area contributed by atoms with Crippen LogP contribution in [0.2, 0.25) is 0 Å². The molecule has 0 spiro atoms. The molecule has 2 heterocycles. The number of halogens is 2. The summed E-state index contributed by atoms with van der Waals surface area (Å²) in [7, 11) is 0. The van der Waals surface area contributed by atoms with Gasteiger partial charge in [-0.15, -0.1) is 10.2 Å². The second kappa shape index (κ2) is 6.93. The number of nitrogens with zero attached hydrogens (tertiary/aromatic N) is 3. The third-order valence-corrected chi connectivity index (χ3v) is 4.30. The predicted octanol–water partition coefficient (Wildman–Crippen LogP) is 2.65. The van der Waals surface area contributed by atoms with E-state index >= 15 is 0 Å². The molecule has 25 heavy (non-hydrogen) atoms. The van der Waals surface area contributed by atoms with Gasteiger partial charge in [-0.2, -0.15) is 0 Å². The van der Waals surface area contributed by atoms with Crippen molar-refractivity contribution in [3.8, 4) is 11.6 Å². The summed E-state index contributed by atoms with van der Waals surface area (Å²) >= 11 is 1.07. The summed E-state index contributed by atoms with van der Waals surface area (Å²) in [6, 6.07) is 6.49. The third-order valence-electron chi connectivity index (χ3n) is 3.24. The minimum Gasteiger partial charge on any atom is -0.461 e. The van der Waals surface area contributed by atoms with Crippen LogP contribution in [-0.2, 0) is 4.79 Å². The standard InChI is InChI=1S/C15H13F2N5O2S/c1-8(14(23)19-9-4-5-10(16)11(17)7-9)25-15-21-20-13(22(15)18)12-3-2-6-24-12/h2-8H,18H2,1H3,(H,19,23)/t8-/m1/s1. The van der Waals surface area contributed by atoms with Crippen molar-refractivity contribution in [2.24, 2.45) is 0 Å².